The molecular formula is C24H17BrN4O6. The van der Waals surface area contributed by atoms with Gasteiger partial charge in [0, 0.05) is 27.7 Å². The van der Waals surface area contributed by atoms with Gasteiger partial charge in [0.1, 0.15) is 5.70 Å². The summed E-state index contributed by atoms with van der Waals surface area (Å²) in [6.07, 6.45) is 2.80. The number of hydrogen-bond donors (Lipinski definition) is 2. The molecule has 1 heterocycles. The van der Waals surface area contributed by atoms with Crippen molar-refractivity contribution in [3.05, 3.63) is 104 Å². The highest BCUT2D eigenvalue weighted by atomic mass is 79.9. The van der Waals surface area contributed by atoms with Crippen molar-refractivity contribution < 1.29 is 24.0 Å². The van der Waals surface area contributed by atoms with Gasteiger partial charge in [-0.05, 0) is 64.0 Å². The van der Waals surface area contributed by atoms with Crippen LogP contribution >= 0.6 is 15.9 Å². The first kappa shape index (κ1) is 23.6. The maximum Gasteiger partial charge on any atom is 0.287 e. The van der Waals surface area contributed by atoms with Crippen LogP contribution in [-0.4, -0.2) is 29.7 Å². The summed E-state index contributed by atoms with van der Waals surface area (Å²) in [7, 11) is 0. The molecule has 0 saturated heterocycles. The molecule has 35 heavy (non-hydrogen) atoms. The van der Waals surface area contributed by atoms with Crippen molar-refractivity contribution in [3.8, 4) is 11.5 Å². The Bertz CT molecular complexity index is 1340. The number of ether oxygens (including phenoxy) is 2. The van der Waals surface area contributed by atoms with Crippen molar-refractivity contribution in [2.24, 2.45) is 5.10 Å². The molecule has 1 aliphatic rings. The highest BCUT2D eigenvalue weighted by Crippen LogP contribution is 2.36. The van der Waals surface area contributed by atoms with E-state index in [-0.39, 0.29) is 18.2 Å². The normalized spacial score (nSPS) is 12.4. The molecular weight excluding hydrogens is 520 g/mol. The summed E-state index contributed by atoms with van der Waals surface area (Å²) < 4.78 is 11.3. The van der Waals surface area contributed by atoms with E-state index < -0.39 is 16.7 Å². The Morgan fingerprint density at radius 2 is 1.71 bits per heavy atom. The van der Waals surface area contributed by atoms with Crippen LogP contribution in [0, 0.1) is 10.1 Å². The van der Waals surface area contributed by atoms with Gasteiger partial charge < -0.3 is 14.8 Å². The molecule has 4 rings (SSSR count). The number of nitrogens with one attached hydrogen (secondary N) is 2. The minimum absolute atomic E-state index is 0.0969. The van der Waals surface area contributed by atoms with E-state index >= 15 is 0 Å². The average Bonchev–Trinajstić information content (AvgIpc) is 3.31. The molecule has 10 nitrogen and oxygen atoms in total. The van der Waals surface area contributed by atoms with Gasteiger partial charge >= 0.3 is 0 Å². The van der Waals surface area contributed by atoms with Gasteiger partial charge in [-0.1, -0.05) is 18.2 Å². The Balaban J connectivity index is 1.55. The Morgan fingerprint density at radius 3 is 2.40 bits per heavy atom. The van der Waals surface area contributed by atoms with E-state index in [4.69, 9.17) is 9.47 Å². The summed E-state index contributed by atoms with van der Waals surface area (Å²) in [5.41, 5.74) is 3.63. The predicted octanol–water partition coefficient (Wildman–Crippen LogP) is 4.01. The van der Waals surface area contributed by atoms with Crippen LogP contribution in [-0.2, 0) is 4.79 Å². The molecule has 0 atom stereocenters. The van der Waals surface area contributed by atoms with Gasteiger partial charge in [-0.2, -0.15) is 5.10 Å². The summed E-state index contributed by atoms with van der Waals surface area (Å²) in [5, 5.41) is 17.4. The smallest absolute Gasteiger partial charge is 0.287 e. The summed E-state index contributed by atoms with van der Waals surface area (Å²) in [6.45, 7) is 0.122. The van der Waals surface area contributed by atoms with Gasteiger partial charge in [0.15, 0.2) is 11.5 Å². The van der Waals surface area contributed by atoms with Crippen molar-refractivity contribution >= 4 is 45.7 Å². The lowest BCUT2D eigenvalue weighted by atomic mass is 10.1. The molecule has 0 saturated carbocycles. The standard InChI is InChI=1S/C24H17BrN4O6/c25-19-12-22-21(34-14-35-22)11-17(19)13-26-28-24(31)20(27-23(30)16-4-2-1-3-5-16)10-15-6-8-18(9-7-15)29(32)33/h1-13H,14H2,(H,27,30)(H,28,31)/b20-10+,26-13?. The molecule has 1 aliphatic heterocycles. The molecule has 0 bridgehead atoms. The number of rotatable bonds is 7. The average molecular weight is 537 g/mol. The summed E-state index contributed by atoms with van der Waals surface area (Å²) in [5.74, 6) is -0.0537. The van der Waals surface area contributed by atoms with Crippen LogP contribution in [0.1, 0.15) is 21.5 Å². The molecule has 3 aromatic carbocycles. The maximum absolute atomic E-state index is 12.9. The first-order chi connectivity index (χ1) is 16.9. The van der Waals surface area contributed by atoms with Crippen molar-refractivity contribution in [2.75, 3.05) is 6.79 Å². The molecule has 176 valence electrons. The van der Waals surface area contributed by atoms with Crippen LogP contribution in [0.5, 0.6) is 11.5 Å². The van der Waals surface area contributed by atoms with Gasteiger partial charge in [-0.15, -0.1) is 0 Å². The fourth-order valence-corrected chi connectivity index (χ4v) is 3.48. The van der Waals surface area contributed by atoms with Crippen LogP contribution in [0.3, 0.4) is 0 Å². The quantitative estimate of drug-likeness (QED) is 0.203. The Kier molecular flexibility index (Phi) is 7.17. The number of nitro groups is 1. The largest absolute Gasteiger partial charge is 0.454 e. The van der Waals surface area contributed by atoms with Gasteiger partial charge in [-0.25, -0.2) is 5.43 Å². The second-order valence-electron chi connectivity index (χ2n) is 7.15. The van der Waals surface area contributed by atoms with Crippen LogP contribution in [0.15, 0.2) is 82.0 Å². The molecule has 0 aromatic heterocycles. The van der Waals surface area contributed by atoms with Crippen LogP contribution in [0.2, 0.25) is 0 Å². The van der Waals surface area contributed by atoms with E-state index in [0.717, 1.165) is 0 Å². The van der Waals surface area contributed by atoms with Gasteiger partial charge in [0.2, 0.25) is 6.79 Å². The van der Waals surface area contributed by atoms with Crippen molar-refractivity contribution in [2.45, 2.75) is 0 Å². The predicted molar refractivity (Wildman–Crippen MR) is 131 cm³/mol. The molecule has 11 heteroatoms. The minimum atomic E-state index is -0.694. The fraction of sp³-hybridized carbons (Fsp3) is 0.0417. The highest BCUT2D eigenvalue weighted by Gasteiger charge is 2.17. The first-order valence-electron chi connectivity index (χ1n) is 10.2. The van der Waals surface area contributed by atoms with Crippen LogP contribution in [0.4, 0.5) is 5.69 Å². The van der Waals surface area contributed by atoms with Crippen molar-refractivity contribution in [1.82, 2.24) is 10.7 Å². The zero-order chi connectivity index (χ0) is 24.8. The molecule has 0 spiro atoms. The van der Waals surface area contributed by atoms with E-state index in [1.807, 2.05) is 0 Å². The van der Waals surface area contributed by atoms with E-state index in [1.54, 1.807) is 42.5 Å². The number of benzene rings is 3. The zero-order valence-corrected chi connectivity index (χ0v) is 19.5. The highest BCUT2D eigenvalue weighted by molar-refractivity contribution is 9.10. The Labute approximate surface area is 207 Å². The fourth-order valence-electron chi connectivity index (χ4n) is 3.05. The Morgan fingerprint density at radius 1 is 1.03 bits per heavy atom. The van der Waals surface area contributed by atoms with Gasteiger partial charge in [0.05, 0.1) is 11.1 Å². The number of carbonyl (C=O) groups excluding carboxylic acids is 2. The summed E-state index contributed by atoms with van der Waals surface area (Å²) in [6, 6.07) is 17.3. The minimum Gasteiger partial charge on any atom is -0.454 e. The van der Waals surface area contributed by atoms with Crippen molar-refractivity contribution in [1.29, 1.82) is 0 Å². The van der Waals surface area contributed by atoms with Crippen molar-refractivity contribution in [3.63, 3.8) is 0 Å². The summed E-state index contributed by atoms with van der Waals surface area (Å²) in [4.78, 5) is 35.9. The number of non-ortho nitro benzene ring substituents is 1. The SMILES string of the molecule is O=C(NN=Cc1cc2c(cc1Br)OCO2)/C(=C\c1ccc([N+](=O)[O-])cc1)NC(=O)c1ccccc1. The van der Waals surface area contributed by atoms with Crippen LogP contribution < -0.4 is 20.2 Å². The molecule has 3 aromatic rings. The lowest BCUT2D eigenvalue weighted by molar-refractivity contribution is -0.384. The topological polar surface area (TPSA) is 132 Å². The van der Waals surface area contributed by atoms with E-state index in [9.17, 15) is 19.7 Å². The van der Waals surface area contributed by atoms with Gasteiger partial charge in [-0.3, -0.25) is 19.7 Å². The number of amides is 2. The first-order valence-corrected chi connectivity index (χ1v) is 10.9. The van der Waals surface area contributed by atoms with E-state index in [1.165, 1.54) is 36.6 Å². The van der Waals surface area contributed by atoms with Crippen LogP contribution in [0.25, 0.3) is 6.08 Å². The number of hydrogen-bond acceptors (Lipinski definition) is 7. The zero-order valence-electron chi connectivity index (χ0n) is 17.9. The molecule has 0 radical (unpaired) electrons. The third kappa shape index (κ3) is 5.89. The second kappa shape index (κ2) is 10.6. The lowest BCUT2D eigenvalue weighted by Crippen LogP contribution is -2.32. The van der Waals surface area contributed by atoms with E-state index in [0.29, 0.717) is 32.7 Å². The number of hydrazone groups is 1. The third-order valence-corrected chi connectivity index (χ3v) is 5.49. The molecule has 2 amide bonds. The molecule has 0 fully saturated rings. The monoisotopic (exact) mass is 536 g/mol. The second-order valence-corrected chi connectivity index (χ2v) is 8.01. The number of carbonyl (C=O) groups is 2. The maximum atomic E-state index is 12.9. The Hall–Kier alpha value is -4.51. The molecule has 2 N–H and O–H groups in total. The molecule has 0 aliphatic carbocycles. The molecule has 0 unspecified atom stereocenters. The number of nitro benzene ring substituents is 1. The lowest BCUT2D eigenvalue weighted by Gasteiger charge is -2.09. The third-order valence-electron chi connectivity index (χ3n) is 4.81. The number of nitrogens with zero attached hydrogens (tertiary/aromatic N) is 2. The van der Waals surface area contributed by atoms with E-state index in [2.05, 4.69) is 31.8 Å². The summed E-state index contributed by atoms with van der Waals surface area (Å²) >= 11 is 3.41. The van der Waals surface area contributed by atoms with Gasteiger partial charge in [0.25, 0.3) is 17.5 Å². The number of halogens is 1. The number of fused-ring (bicyclic) bond motifs is 1.